The average Bonchev–Trinajstić information content (AvgIpc) is 2.14. The van der Waals surface area contributed by atoms with Crippen molar-refractivity contribution >= 4 is 16.1 Å². The summed E-state index contributed by atoms with van der Waals surface area (Å²) >= 11 is 0. The van der Waals surface area contributed by atoms with Crippen LogP contribution in [0.15, 0.2) is 18.2 Å². The number of methoxy groups -OCH3 is 1. The lowest BCUT2D eigenvalue weighted by atomic mass is 10.3. The van der Waals surface area contributed by atoms with Crippen molar-refractivity contribution in [2.75, 3.05) is 13.4 Å². The summed E-state index contributed by atoms with van der Waals surface area (Å²) in [5.74, 6) is -0.141. The van der Waals surface area contributed by atoms with E-state index in [0.29, 0.717) is 0 Å². The van der Waals surface area contributed by atoms with E-state index in [4.69, 9.17) is 13.7 Å². The Morgan fingerprint density at radius 1 is 1.24 bits per heavy atom. The van der Waals surface area contributed by atoms with Crippen LogP contribution in [-0.2, 0) is 14.9 Å². The van der Waals surface area contributed by atoms with Crippen LogP contribution in [-0.4, -0.2) is 27.8 Å². The number of hydrogen-bond donors (Lipinski definition) is 0. The van der Waals surface area contributed by atoms with E-state index < -0.39 is 16.1 Å². The first kappa shape index (κ1) is 13.3. The van der Waals surface area contributed by atoms with Crippen LogP contribution in [0.5, 0.6) is 17.2 Å². The van der Waals surface area contributed by atoms with Crippen LogP contribution < -0.4 is 13.7 Å². The Bertz CT molecular complexity index is 520. The van der Waals surface area contributed by atoms with Crippen molar-refractivity contribution in [2.45, 2.75) is 6.92 Å². The van der Waals surface area contributed by atoms with Gasteiger partial charge in [-0.1, -0.05) is 0 Å². The van der Waals surface area contributed by atoms with Gasteiger partial charge in [0.25, 0.3) is 0 Å². The third-order valence-electron chi connectivity index (χ3n) is 1.64. The first-order valence-corrected chi connectivity index (χ1v) is 6.39. The molecule has 0 saturated carbocycles. The highest BCUT2D eigenvalue weighted by Crippen LogP contribution is 2.32. The van der Waals surface area contributed by atoms with E-state index in [0.717, 1.165) is 6.26 Å². The maximum atomic E-state index is 11.0. The van der Waals surface area contributed by atoms with Gasteiger partial charge in [-0.25, -0.2) is 0 Å². The van der Waals surface area contributed by atoms with Crippen molar-refractivity contribution in [3.8, 4) is 17.2 Å². The maximum absolute atomic E-state index is 11.0. The molecule has 1 aromatic carbocycles. The SMILES string of the molecule is COc1ccc(OC(C)=O)cc1OS(C)(=O)=O. The van der Waals surface area contributed by atoms with E-state index in [9.17, 15) is 13.2 Å². The summed E-state index contributed by atoms with van der Waals surface area (Å²) in [5.41, 5.74) is 0. The van der Waals surface area contributed by atoms with Gasteiger partial charge in [0.1, 0.15) is 5.75 Å². The Morgan fingerprint density at radius 2 is 1.88 bits per heavy atom. The first-order chi connectivity index (χ1) is 7.81. The zero-order valence-electron chi connectivity index (χ0n) is 9.59. The second-order valence-electron chi connectivity index (χ2n) is 3.19. The van der Waals surface area contributed by atoms with Crippen LogP contribution in [0.25, 0.3) is 0 Å². The minimum Gasteiger partial charge on any atom is -0.493 e. The quantitative estimate of drug-likeness (QED) is 0.456. The fourth-order valence-corrected chi connectivity index (χ4v) is 1.57. The number of carbonyl (C=O) groups is 1. The Labute approximate surface area is 99.2 Å². The molecule has 94 valence electrons. The van der Waals surface area contributed by atoms with Gasteiger partial charge in [0.05, 0.1) is 13.4 Å². The van der Waals surface area contributed by atoms with Crippen molar-refractivity contribution in [3.05, 3.63) is 18.2 Å². The van der Waals surface area contributed by atoms with Gasteiger partial charge in [0.2, 0.25) is 0 Å². The molecule has 0 saturated heterocycles. The minimum absolute atomic E-state index is 0.0336. The number of benzene rings is 1. The lowest BCUT2D eigenvalue weighted by molar-refractivity contribution is -0.131. The molecule has 1 rings (SSSR count). The maximum Gasteiger partial charge on any atom is 0.308 e. The predicted octanol–water partition coefficient (Wildman–Crippen LogP) is 0.959. The molecule has 0 aliphatic rings. The van der Waals surface area contributed by atoms with Crippen molar-refractivity contribution in [1.82, 2.24) is 0 Å². The lowest BCUT2D eigenvalue weighted by Gasteiger charge is -2.10. The molecule has 0 aliphatic heterocycles. The van der Waals surface area contributed by atoms with Gasteiger partial charge in [0, 0.05) is 13.0 Å². The number of hydrogen-bond acceptors (Lipinski definition) is 6. The van der Waals surface area contributed by atoms with Gasteiger partial charge in [-0.3, -0.25) is 4.79 Å². The van der Waals surface area contributed by atoms with Gasteiger partial charge in [-0.15, -0.1) is 0 Å². The molecule has 0 atom stereocenters. The molecule has 0 heterocycles. The number of rotatable bonds is 4. The standard InChI is InChI=1S/C10H12O6S/c1-7(11)15-8-4-5-9(14-2)10(6-8)16-17(3,12)13/h4-6H,1-3H3. The summed E-state index contributed by atoms with van der Waals surface area (Å²) in [6.07, 6.45) is 0.908. The Balaban J connectivity index is 3.10. The zero-order valence-corrected chi connectivity index (χ0v) is 10.4. The third kappa shape index (κ3) is 4.31. The molecule has 6 nitrogen and oxygen atoms in total. The van der Waals surface area contributed by atoms with E-state index >= 15 is 0 Å². The van der Waals surface area contributed by atoms with E-state index in [1.54, 1.807) is 0 Å². The first-order valence-electron chi connectivity index (χ1n) is 4.58. The van der Waals surface area contributed by atoms with Crippen LogP contribution in [0.2, 0.25) is 0 Å². The number of ether oxygens (including phenoxy) is 2. The van der Waals surface area contributed by atoms with Crippen LogP contribution in [0.3, 0.4) is 0 Å². The summed E-state index contributed by atoms with van der Waals surface area (Å²) in [6.45, 7) is 1.24. The summed E-state index contributed by atoms with van der Waals surface area (Å²) in [4.78, 5) is 10.8. The number of esters is 1. The molecule has 0 fully saturated rings. The Hall–Kier alpha value is -1.76. The normalized spacial score (nSPS) is 10.8. The van der Waals surface area contributed by atoms with Crippen molar-refractivity contribution in [3.63, 3.8) is 0 Å². The van der Waals surface area contributed by atoms with Crippen molar-refractivity contribution in [1.29, 1.82) is 0 Å². The summed E-state index contributed by atoms with van der Waals surface area (Å²) < 4.78 is 36.5. The van der Waals surface area contributed by atoms with Crippen molar-refractivity contribution in [2.24, 2.45) is 0 Å². The topological polar surface area (TPSA) is 78.9 Å². The van der Waals surface area contributed by atoms with E-state index in [1.165, 1.54) is 32.2 Å². The molecule has 0 N–H and O–H groups in total. The molecule has 0 aliphatic carbocycles. The van der Waals surface area contributed by atoms with Gasteiger partial charge < -0.3 is 13.7 Å². The lowest BCUT2D eigenvalue weighted by Crippen LogP contribution is -2.07. The minimum atomic E-state index is -3.68. The second-order valence-corrected chi connectivity index (χ2v) is 4.77. The van der Waals surface area contributed by atoms with E-state index in [-0.39, 0.29) is 17.2 Å². The molecule has 0 aromatic heterocycles. The van der Waals surface area contributed by atoms with Crippen LogP contribution in [0, 0.1) is 0 Å². The van der Waals surface area contributed by atoms with Gasteiger partial charge in [-0.05, 0) is 12.1 Å². The van der Waals surface area contributed by atoms with E-state index in [2.05, 4.69) is 0 Å². The molecule has 7 heteroatoms. The molecule has 0 unspecified atom stereocenters. The summed E-state index contributed by atoms with van der Waals surface area (Å²) in [6, 6.07) is 4.18. The van der Waals surface area contributed by atoms with Gasteiger partial charge >= 0.3 is 16.1 Å². The third-order valence-corrected chi connectivity index (χ3v) is 2.12. The molecular formula is C10H12O6S. The van der Waals surface area contributed by atoms with Crippen molar-refractivity contribution < 1.29 is 26.9 Å². The highest BCUT2D eigenvalue weighted by molar-refractivity contribution is 7.86. The molecule has 0 radical (unpaired) electrons. The highest BCUT2D eigenvalue weighted by Gasteiger charge is 2.12. The molecular weight excluding hydrogens is 248 g/mol. The molecule has 17 heavy (non-hydrogen) atoms. The van der Waals surface area contributed by atoms with Gasteiger partial charge in [0.15, 0.2) is 11.5 Å². The summed E-state index contributed by atoms with van der Waals surface area (Å²) in [7, 11) is -2.30. The zero-order chi connectivity index (χ0) is 13.1. The monoisotopic (exact) mass is 260 g/mol. The largest absolute Gasteiger partial charge is 0.493 e. The molecule has 0 amide bonds. The Morgan fingerprint density at radius 3 is 2.35 bits per heavy atom. The molecule has 0 spiro atoms. The fourth-order valence-electron chi connectivity index (χ4n) is 1.11. The smallest absolute Gasteiger partial charge is 0.308 e. The Kier molecular flexibility index (Phi) is 3.95. The van der Waals surface area contributed by atoms with Crippen LogP contribution in [0.4, 0.5) is 0 Å². The fraction of sp³-hybridized carbons (Fsp3) is 0.300. The molecule has 0 bridgehead atoms. The van der Waals surface area contributed by atoms with Gasteiger partial charge in [-0.2, -0.15) is 8.42 Å². The van der Waals surface area contributed by atoms with Crippen LogP contribution >= 0.6 is 0 Å². The van der Waals surface area contributed by atoms with E-state index in [1.807, 2.05) is 0 Å². The average molecular weight is 260 g/mol. The predicted molar refractivity (Wildman–Crippen MR) is 59.8 cm³/mol. The second kappa shape index (κ2) is 5.05. The highest BCUT2D eigenvalue weighted by atomic mass is 32.2. The molecule has 1 aromatic rings. The summed E-state index contributed by atoms with van der Waals surface area (Å²) in [5, 5.41) is 0. The number of carbonyl (C=O) groups excluding carboxylic acids is 1. The van der Waals surface area contributed by atoms with Crippen LogP contribution in [0.1, 0.15) is 6.92 Å².